The van der Waals surface area contributed by atoms with E-state index in [4.69, 9.17) is 14.2 Å². The van der Waals surface area contributed by atoms with Gasteiger partial charge in [0.2, 0.25) is 5.95 Å². The fourth-order valence-corrected chi connectivity index (χ4v) is 3.93. The van der Waals surface area contributed by atoms with Gasteiger partial charge in [-0.1, -0.05) is 12.1 Å². The van der Waals surface area contributed by atoms with E-state index in [-0.39, 0.29) is 0 Å². The molecule has 0 atom stereocenters. The van der Waals surface area contributed by atoms with E-state index in [1.807, 2.05) is 48.5 Å². The van der Waals surface area contributed by atoms with Crippen molar-refractivity contribution in [1.82, 2.24) is 14.9 Å². The first-order valence-corrected chi connectivity index (χ1v) is 11.7. The Balaban J connectivity index is 1.33. The Bertz CT molecular complexity index is 1040. The Kier molecular flexibility index (Phi) is 8.40. The van der Waals surface area contributed by atoms with Crippen LogP contribution in [0, 0.1) is 0 Å². The third-order valence-electron chi connectivity index (χ3n) is 5.78. The zero-order valence-corrected chi connectivity index (χ0v) is 19.9. The average molecular weight is 464 g/mol. The number of hydrogen-bond donors (Lipinski definition) is 2. The van der Waals surface area contributed by atoms with Crippen molar-refractivity contribution in [3.63, 3.8) is 0 Å². The van der Waals surface area contributed by atoms with E-state index in [0.29, 0.717) is 30.6 Å². The highest BCUT2D eigenvalue weighted by atomic mass is 16.5. The molecule has 2 aromatic carbocycles. The lowest BCUT2D eigenvalue weighted by Gasteiger charge is -2.16. The van der Waals surface area contributed by atoms with Gasteiger partial charge in [-0.15, -0.1) is 0 Å². The molecular weight excluding hydrogens is 430 g/mol. The second-order valence-corrected chi connectivity index (χ2v) is 8.21. The molecule has 180 valence electrons. The first-order valence-electron chi connectivity index (χ1n) is 11.7. The number of nitrogens with zero attached hydrogens (tertiary/aromatic N) is 3. The van der Waals surface area contributed by atoms with Crippen molar-refractivity contribution in [3.05, 3.63) is 60.3 Å². The maximum Gasteiger partial charge on any atom is 0.229 e. The predicted molar refractivity (Wildman–Crippen MR) is 134 cm³/mol. The van der Waals surface area contributed by atoms with Crippen LogP contribution in [0.4, 0.5) is 17.5 Å². The maximum atomic E-state index is 6.04. The van der Waals surface area contributed by atoms with Crippen molar-refractivity contribution in [2.24, 2.45) is 0 Å². The van der Waals surface area contributed by atoms with Gasteiger partial charge in [-0.05, 0) is 68.2 Å². The Morgan fingerprint density at radius 2 is 1.76 bits per heavy atom. The van der Waals surface area contributed by atoms with Crippen LogP contribution in [-0.2, 0) is 6.54 Å². The Hall–Kier alpha value is -3.52. The topological polar surface area (TPSA) is 80.8 Å². The van der Waals surface area contributed by atoms with Crippen molar-refractivity contribution in [3.8, 4) is 17.2 Å². The van der Waals surface area contributed by atoms with E-state index in [2.05, 4.69) is 25.5 Å². The molecule has 1 fully saturated rings. The minimum atomic E-state index is 0.505. The summed E-state index contributed by atoms with van der Waals surface area (Å²) < 4.78 is 16.7. The number of ether oxygens (including phenoxy) is 3. The molecule has 34 heavy (non-hydrogen) atoms. The Labute approximate surface area is 201 Å². The lowest BCUT2D eigenvalue weighted by Crippen LogP contribution is -2.21. The smallest absolute Gasteiger partial charge is 0.229 e. The molecule has 2 N–H and O–H groups in total. The molecule has 0 aliphatic carbocycles. The minimum absolute atomic E-state index is 0.505. The number of anilines is 3. The first-order chi connectivity index (χ1) is 16.7. The van der Waals surface area contributed by atoms with Gasteiger partial charge in [0.15, 0.2) is 11.5 Å². The minimum Gasteiger partial charge on any atom is -0.497 e. The highest BCUT2D eigenvalue weighted by Crippen LogP contribution is 2.31. The standard InChI is InChI=1S/C26H33N5O3/c1-32-22-9-6-20(7-10-22)19-28-25-12-13-27-26(30-25)29-21-8-11-23(33-2)24(18-21)34-17-5-16-31-14-3-4-15-31/h6-13,18H,3-5,14-17,19H2,1-2H3,(H2,27,28,29,30). The van der Waals surface area contributed by atoms with Gasteiger partial charge in [-0.25, -0.2) is 4.98 Å². The molecule has 1 aromatic heterocycles. The van der Waals surface area contributed by atoms with Crippen molar-refractivity contribution < 1.29 is 14.2 Å². The van der Waals surface area contributed by atoms with Crippen molar-refractivity contribution in [2.45, 2.75) is 25.8 Å². The highest BCUT2D eigenvalue weighted by molar-refractivity contribution is 5.60. The van der Waals surface area contributed by atoms with Gasteiger partial charge in [0, 0.05) is 31.0 Å². The molecule has 8 nitrogen and oxygen atoms in total. The molecular formula is C26H33N5O3. The van der Waals surface area contributed by atoms with Gasteiger partial charge in [-0.2, -0.15) is 4.98 Å². The predicted octanol–water partition coefficient (Wildman–Crippen LogP) is 4.71. The fraction of sp³-hybridized carbons (Fsp3) is 0.385. The molecule has 1 aliphatic rings. The number of hydrogen-bond acceptors (Lipinski definition) is 8. The van der Waals surface area contributed by atoms with E-state index in [1.165, 1.54) is 25.9 Å². The lowest BCUT2D eigenvalue weighted by atomic mass is 10.2. The van der Waals surface area contributed by atoms with Crippen LogP contribution in [0.25, 0.3) is 0 Å². The third kappa shape index (κ3) is 6.74. The van der Waals surface area contributed by atoms with Gasteiger partial charge in [-0.3, -0.25) is 0 Å². The Morgan fingerprint density at radius 1 is 0.941 bits per heavy atom. The molecule has 0 unspecified atom stereocenters. The van der Waals surface area contributed by atoms with Crippen LogP contribution in [0.5, 0.6) is 17.2 Å². The summed E-state index contributed by atoms with van der Waals surface area (Å²) >= 11 is 0. The van der Waals surface area contributed by atoms with Crippen molar-refractivity contribution in [2.75, 3.05) is 51.1 Å². The number of aromatic nitrogens is 2. The zero-order valence-electron chi connectivity index (χ0n) is 19.9. The normalized spacial score (nSPS) is 13.5. The van der Waals surface area contributed by atoms with Crippen molar-refractivity contribution in [1.29, 1.82) is 0 Å². The van der Waals surface area contributed by atoms with Crippen LogP contribution in [-0.4, -0.2) is 55.3 Å². The van der Waals surface area contributed by atoms with Gasteiger partial charge < -0.3 is 29.7 Å². The van der Waals surface area contributed by atoms with Crippen molar-refractivity contribution >= 4 is 17.5 Å². The maximum absolute atomic E-state index is 6.04. The summed E-state index contributed by atoms with van der Waals surface area (Å²) in [7, 11) is 3.32. The van der Waals surface area contributed by atoms with Gasteiger partial charge in [0.1, 0.15) is 11.6 Å². The molecule has 0 saturated carbocycles. The van der Waals surface area contributed by atoms with Gasteiger partial charge in [0.05, 0.1) is 20.8 Å². The second kappa shape index (κ2) is 12.1. The summed E-state index contributed by atoms with van der Waals surface area (Å²) in [6.45, 7) is 4.79. The van der Waals surface area contributed by atoms with Crippen LogP contribution in [0.2, 0.25) is 0 Å². The van der Waals surface area contributed by atoms with Gasteiger partial charge in [0.25, 0.3) is 0 Å². The fourth-order valence-electron chi connectivity index (χ4n) is 3.93. The van der Waals surface area contributed by atoms with Crippen LogP contribution in [0.3, 0.4) is 0 Å². The van der Waals surface area contributed by atoms with E-state index in [9.17, 15) is 0 Å². The largest absolute Gasteiger partial charge is 0.497 e. The van der Waals surface area contributed by atoms with Crippen LogP contribution in [0.15, 0.2) is 54.7 Å². The molecule has 0 radical (unpaired) electrons. The lowest BCUT2D eigenvalue weighted by molar-refractivity contribution is 0.254. The summed E-state index contributed by atoms with van der Waals surface area (Å²) in [5, 5.41) is 6.59. The highest BCUT2D eigenvalue weighted by Gasteiger charge is 2.12. The molecule has 0 bridgehead atoms. The second-order valence-electron chi connectivity index (χ2n) is 8.21. The average Bonchev–Trinajstić information content (AvgIpc) is 3.40. The summed E-state index contributed by atoms with van der Waals surface area (Å²) in [5.41, 5.74) is 1.97. The number of likely N-dealkylation sites (tertiary alicyclic amines) is 1. The summed E-state index contributed by atoms with van der Waals surface area (Å²) in [6, 6.07) is 15.5. The van der Waals surface area contributed by atoms with E-state index in [1.54, 1.807) is 20.4 Å². The molecule has 8 heteroatoms. The number of nitrogens with one attached hydrogen (secondary N) is 2. The summed E-state index contributed by atoms with van der Waals surface area (Å²) in [5.74, 6) is 3.50. The number of methoxy groups -OCH3 is 2. The quantitative estimate of drug-likeness (QED) is 0.374. The summed E-state index contributed by atoms with van der Waals surface area (Å²) in [6.07, 6.45) is 5.34. The van der Waals surface area contributed by atoms with E-state index >= 15 is 0 Å². The SMILES string of the molecule is COc1ccc(CNc2ccnc(Nc3ccc(OC)c(OCCCN4CCCC4)c3)n2)cc1. The number of benzene rings is 2. The number of rotatable bonds is 12. The molecule has 4 rings (SSSR count). The third-order valence-corrected chi connectivity index (χ3v) is 5.78. The van der Waals surface area contributed by atoms with E-state index < -0.39 is 0 Å². The molecule has 0 spiro atoms. The molecule has 1 aliphatic heterocycles. The monoisotopic (exact) mass is 463 g/mol. The molecule has 1 saturated heterocycles. The van der Waals surface area contributed by atoms with Gasteiger partial charge >= 0.3 is 0 Å². The first kappa shape index (κ1) is 23.6. The molecule has 2 heterocycles. The van der Waals surface area contributed by atoms with E-state index in [0.717, 1.165) is 35.8 Å². The van der Waals surface area contributed by atoms with Crippen LogP contribution in [0.1, 0.15) is 24.8 Å². The zero-order chi connectivity index (χ0) is 23.6. The summed E-state index contributed by atoms with van der Waals surface area (Å²) in [4.78, 5) is 11.4. The van der Waals surface area contributed by atoms with Crippen LogP contribution >= 0.6 is 0 Å². The Morgan fingerprint density at radius 3 is 2.53 bits per heavy atom. The molecule has 3 aromatic rings. The molecule has 0 amide bonds. The van der Waals surface area contributed by atoms with Crippen LogP contribution < -0.4 is 24.8 Å².